The molecule has 4 rings (SSSR count). The summed E-state index contributed by atoms with van der Waals surface area (Å²) < 4.78 is 42.3. The standard InChI is InChI=1S/C24H24ClFN4O3S/c1-17-6-7-19(20(25)14-17)23(31)29-16-24(22-21(26)5-3-11-28-22)8-12-30(13-9-24)34(32,33)18-4-2-10-27-15-18/h2-7,10-11,14-15H,8-9,12-13,16H2,1H3,(H,29,31). The minimum atomic E-state index is -3.74. The first-order valence-corrected chi connectivity index (χ1v) is 12.6. The van der Waals surface area contributed by atoms with Crippen LogP contribution in [0.4, 0.5) is 4.39 Å². The average molecular weight is 503 g/mol. The number of hydrogen-bond donors (Lipinski definition) is 1. The number of rotatable bonds is 6. The summed E-state index contributed by atoms with van der Waals surface area (Å²) in [6.45, 7) is 2.26. The first-order chi connectivity index (χ1) is 16.2. The Morgan fingerprint density at radius 3 is 2.56 bits per heavy atom. The highest BCUT2D eigenvalue weighted by atomic mass is 35.5. The van der Waals surface area contributed by atoms with E-state index in [9.17, 15) is 17.6 Å². The van der Waals surface area contributed by atoms with Crippen molar-refractivity contribution in [2.75, 3.05) is 19.6 Å². The molecule has 178 valence electrons. The fourth-order valence-electron chi connectivity index (χ4n) is 4.23. The van der Waals surface area contributed by atoms with Crippen molar-refractivity contribution in [3.05, 3.63) is 88.7 Å². The minimum Gasteiger partial charge on any atom is -0.351 e. The van der Waals surface area contributed by atoms with E-state index in [4.69, 9.17) is 11.6 Å². The molecule has 0 radical (unpaired) electrons. The van der Waals surface area contributed by atoms with Crippen molar-refractivity contribution in [1.29, 1.82) is 0 Å². The molecule has 1 N–H and O–H groups in total. The number of sulfonamides is 1. The first-order valence-electron chi connectivity index (χ1n) is 10.8. The first kappa shape index (κ1) is 24.3. The molecule has 7 nitrogen and oxygen atoms in total. The molecule has 0 unspecified atom stereocenters. The molecule has 1 fully saturated rings. The molecule has 3 aromatic rings. The van der Waals surface area contributed by atoms with E-state index in [-0.39, 0.29) is 49.0 Å². The molecule has 1 amide bonds. The number of aryl methyl sites for hydroxylation is 1. The number of benzene rings is 1. The van der Waals surface area contributed by atoms with E-state index in [1.54, 1.807) is 24.3 Å². The van der Waals surface area contributed by atoms with E-state index < -0.39 is 21.3 Å². The zero-order chi connectivity index (χ0) is 24.3. The lowest BCUT2D eigenvalue weighted by Crippen LogP contribution is -2.51. The number of hydrogen-bond acceptors (Lipinski definition) is 5. The number of halogens is 2. The second-order valence-corrected chi connectivity index (χ2v) is 10.7. The summed E-state index contributed by atoms with van der Waals surface area (Å²) in [5, 5.41) is 3.20. The van der Waals surface area contributed by atoms with Crippen molar-refractivity contribution in [1.82, 2.24) is 19.6 Å². The summed E-state index contributed by atoms with van der Waals surface area (Å²) in [4.78, 5) is 21.1. The third-order valence-electron chi connectivity index (χ3n) is 6.17. The number of carbonyl (C=O) groups is 1. The van der Waals surface area contributed by atoms with E-state index in [0.29, 0.717) is 10.6 Å². The van der Waals surface area contributed by atoms with Gasteiger partial charge in [-0.3, -0.25) is 14.8 Å². The molecule has 1 aromatic carbocycles. The summed E-state index contributed by atoms with van der Waals surface area (Å²) in [5.74, 6) is -0.875. The van der Waals surface area contributed by atoms with E-state index in [1.807, 2.05) is 6.92 Å². The van der Waals surface area contributed by atoms with Gasteiger partial charge in [-0.05, 0) is 61.7 Å². The van der Waals surface area contributed by atoms with Gasteiger partial charge in [-0.2, -0.15) is 4.31 Å². The fraction of sp³-hybridized carbons (Fsp3) is 0.292. The van der Waals surface area contributed by atoms with Crippen LogP contribution in [0.3, 0.4) is 0 Å². The molecule has 34 heavy (non-hydrogen) atoms. The normalized spacial score (nSPS) is 16.2. The van der Waals surface area contributed by atoms with Gasteiger partial charge in [0.2, 0.25) is 10.0 Å². The van der Waals surface area contributed by atoms with E-state index >= 15 is 0 Å². The molecule has 10 heteroatoms. The SMILES string of the molecule is Cc1ccc(C(=O)NCC2(c3ncccc3F)CCN(S(=O)(=O)c3cccnc3)CC2)c(Cl)c1. The van der Waals surface area contributed by atoms with Gasteiger partial charge >= 0.3 is 0 Å². The average Bonchev–Trinajstić information content (AvgIpc) is 2.83. The van der Waals surface area contributed by atoms with Crippen molar-refractivity contribution in [3.8, 4) is 0 Å². The summed E-state index contributed by atoms with van der Waals surface area (Å²) >= 11 is 6.24. The molecule has 3 heterocycles. The lowest BCUT2D eigenvalue weighted by atomic mass is 9.75. The minimum absolute atomic E-state index is 0.0880. The Labute approximate surface area is 203 Å². The van der Waals surface area contributed by atoms with Gasteiger partial charge in [0, 0.05) is 43.6 Å². The molecule has 0 atom stereocenters. The van der Waals surface area contributed by atoms with Gasteiger partial charge < -0.3 is 5.32 Å². The molecule has 1 aliphatic heterocycles. The smallest absolute Gasteiger partial charge is 0.252 e. The molecule has 1 aliphatic rings. The number of nitrogens with zero attached hydrogens (tertiary/aromatic N) is 3. The van der Waals surface area contributed by atoms with Gasteiger partial charge in [0.1, 0.15) is 10.7 Å². The second-order valence-electron chi connectivity index (χ2n) is 8.37. The second kappa shape index (κ2) is 9.77. The van der Waals surface area contributed by atoms with Crippen LogP contribution >= 0.6 is 11.6 Å². The van der Waals surface area contributed by atoms with Crippen LogP contribution in [-0.2, 0) is 15.4 Å². The van der Waals surface area contributed by atoms with Crippen LogP contribution in [0.15, 0.2) is 66.0 Å². The van der Waals surface area contributed by atoms with Crippen LogP contribution < -0.4 is 5.32 Å². The molecule has 0 saturated carbocycles. The Bertz CT molecular complexity index is 1300. The lowest BCUT2D eigenvalue weighted by molar-refractivity contribution is 0.0931. The molecular formula is C24H24ClFN4O3S. The van der Waals surface area contributed by atoms with Gasteiger partial charge in [-0.15, -0.1) is 0 Å². The monoisotopic (exact) mass is 502 g/mol. The van der Waals surface area contributed by atoms with Crippen LogP contribution in [0.1, 0.15) is 34.5 Å². The highest BCUT2D eigenvalue weighted by molar-refractivity contribution is 7.89. The van der Waals surface area contributed by atoms with Gasteiger partial charge in [0.25, 0.3) is 5.91 Å². The number of nitrogens with one attached hydrogen (secondary N) is 1. The van der Waals surface area contributed by atoms with Crippen molar-refractivity contribution < 1.29 is 17.6 Å². The third kappa shape index (κ3) is 4.82. The quantitative estimate of drug-likeness (QED) is 0.554. The fourth-order valence-corrected chi connectivity index (χ4v) is 5.95. The predicted molar refractivity (Wildman–Crippen MR) is 127 cm³/mol. The van der Waals surface area contributed by atoms with Crippen LogP contribution in [0.5, 0.6) is 0 Å². The molecular weight excluding hydrogens is 479 g/mol. The lowest BCUT2D eigenvalue weighted by Gasteiger charge is -2.41. The number of amides is 1. The summed E-state index contributed by atoms with van der Waals surface area (Å²) in [6.07, 6.45) is 4.87. The number of aromatic nitrogens is 2. The summed E-state index contributed by atoms with van der Waals surface area (Å²) in [7, 11) is -3.74. The van der Waals surface area contributed by atoms with Crippen molar-refractivity contribution in [3.63, 3.8) is 0 Å². The van der Waals surface area contributed by atoms with Gasteiger partial charge in [0.05, 0.1) is 16.3 Å². The maximum absolute atomic E-state index is 14.8. The van der Waals surface area contributed by atoms with Crippen LogP contribution in [0, 0.1) is 12.7 Å². The van der Waals surface area contributed by atoms with Crippen LogP contribution in [0.25, 0.3) is 0 Å². The molecule has 0 bridgehead atoms. The van der Waals surface area contributed by atoms with E-state index in [2.05, 4.69) is 15.3 Å². The Balaban J connectivity index is 1.58. The van der Waals surface area contributed by atoms with Crippen LogP contribution in [0.2, 0.25) is 5.02 Å². The summed E-state index contributed by atoms with van der Waals surface area (Å²) in [5.41, 5.74) is 0.582. The third-order valence-corrected chi connectivity index (χ3v) is 8.36. The van der Waals surface area contributed by atoms with Crippen molar-refractivity contribution >= 4 is 27.5 Å². The number of pyridine rings is 2. The van der Waals surface area contributed by atoms with E-state index in [0.717, 1.165) is 5.56 Å². The molecule has 2 aromatic heterocycles. The van der Waals surface area contributed by atoms with Gasteiger partial charge in [0.15, 0.2) is 0 Å². The zero-order valence-electron chi connectivity index (χ0n) is 18.5. The van der Waals surface area contributed by atoms with Gasteiger partial charge in [-0.1, -0.05) is 17.7 Å². The Morgan fingerprint density at radius 1 is 1.18 bits per heavy atom. The van der Waals surface area contributed by atoms with E-state index in [1.165, 1.54) is 41.1 Å². The topological polar surface area (TPSA) is 92.3 Å². The molecule has 0 spiro atoms. The summed E-state index contributed by atoms with van der Waals surface area (Å²) in [6, 6.07) is 11.0. The highest BCUT2D eigenvalue weighted by Crippen LogP contribution is 2.37. The maximum atomic E-state index is 14.8. The van der Waals surface area contributed by atoms with Gasteiger partial charge in [-0.25, -0.2) is 12.8 Å². The molecule has 0 aliphatic carbocycles. The Morgan fingerprint density at radius 2 is 1.91 bits per heavy atom. The number of carbonyl (C=O) groups excluding carboxylic acids is 1. The maximum Gasteiger partial charge on any atom is 0.252 e. The molecule has 1 saturated heterocycles. The van der Waals surface area contributed by atoms with Crippen LogP contribution in [-0.4, -0.2) is 48.2 Å². The zero-order valence-corrected chi connectivity index (χ0v) is 20.1. The largest absolute Gasteiger partial charge is 0.351 e. The van der Waals surface area contributed by atoms with Crippen molar-refractivity contribution in [2.45, 2.75) is 30.1 Å². The Hall–Kier alpha value is -2.88. The highest BCUT2D eigenvalue weighted by Gasteiger charge is 2.42. The number of piperidine rings is 1. The predicted octanol–water partition coefficient (Wildman–Crippen LogP) is 3.73. The van der Waals surface area contributed by atoms with Crippen molar-refractivity contribution in [2.24, 2.45) is 0 Å². The Kier molecular flexibility index (Phi) is 6.97.